The van der Waals surface area contributed by atoms with Gasteiger partial charge in [-0.1, -0.05) is 19.3 Å². The van der Waals surface area contributed by atoms with Gasteiger partial charge in [0.05, 0.1) is 23.6 Å². The topological polar surface area (TPSA) is 69.0 Å². The van der Waals surface area contributed by atoms with E-state index in [9.17, 15) is 13.2 Å². The van der Waals surface area contributed by atoms with E-state index in [2.05, 4.69) is 5.10 Å². The number of hydrogen-bond donors (Lipinski definition) is 0. The first-order chi connectivity index (χ1) is 8.99. The van der Waals surface area contributed by atoms with Gasteiger partial charge in [-0.3, -0.25) is 9.48 Å². The van der Waals surface area contributed by atoms with Crippen LogP contribution in [0.4, 0.5) is 0 Å². The van der Waals surface area contributed by atoms with Crippen LogP contribution in [0.5, 0.6) is 0 Å². The second kappa shape index (κ2) is 5.86. The Kier molecular flexibility index (Phi) is 4.39. The first-order valence-corrected chi connectivity index (χ1v) is 8.76. The van der Waals surface area contributed by atoms with E-state index in [1.54, 1.807) is 10.9 Å². The highest BCUT2D eigenvalue weighted by Crippen LogP contribution is 2.32. The molecule has 0 atom stereocenters. The average Bonchev–Trinajstić information content (AvgIpc) is 2.80. The smallest absolute Gasteiger partial charge is 0.153 e. The quantitative estimate of drug-likeness (QED) is 0.773. The Labute approximate surface area is 113 Å². The lowest BCUT2D eigenvalue weighted by Gasteiger charge is -2.20. The molecule has 1 aliphatic carbocycles. The molecular weight excluding hydrogens is 264 g/mol. The van der Waals surface area contributed by atoms with Crippen LogP contribution in [0, 0.1) is 0 Å². The maximum atomic E-state index is 11.2. The molecule has 1 aromatic rings. The van der Waals surface area contributed by atoms with Crippen molar-refractivity contribution in [2.75, 3.05) is 12.0 Å². The van der Waals surface area contributed by atoms with Crippen LogP contribution in [0.1, 0.15) is 54.1 Å². The number of aldehydes is 1. The molecule has 1 saturated carbocycles. The Hall–Kier alpha value is -1.17. The number of carbonyl (C=O) groups is 1. The van der Waals surface area contributed by atoms with Crippen LogP contribution in [0.25, 0.3) is 0 Å². The molecule has 0 amide bonds. The summed E-state index contributed by atoms with van der Waals surface area (Å²) in [6, 6.07) is 0. The zero-order valence-electron chi connectivity index (χ0n) is 11.2. The van der Waals surface area contributed by atoms with Gasteiger partial charge >= 0.3 is 0 Å². The van der Waals surface area contributed by atoms with Gasteiger partial charge in [-0.05, 0) is 12.8 Å². The molecule has 2 rings (SSSR count). The molecule has 1 aliphatic rings. The van der Waals surface area contributed by atoms with E-state index in [0.29, 0.717) is 18.0 Å². The molecule has 0 radical (unpaired) electrons. The Bertz CT molecular complexity index is 542. The van der Waals surface area contributed by atoms with Crippen molar-refractivity contribution in [1.82, 2.24) is 9.78 Å². The first kappa shape index (κ1) is 14.2. The summed E-state index contributed by atoms with van der Waals surface area (Å²) in [5.41, 5.74) is 1.46. The minimum Gasteiger partial charge on any atom is -0.298 e. The van der Waals surface area contributed by atoms with Crippen molar-refractivity contribution in [2.45, 2.75) is 44.6 Å². The molecule has 0 aliphatic heterocycles. The summed E-state index contributed by atoms with van der Waals surface area (Å²) in [7, 11) is -3.01. The fraction of sp³-hybridized carbons (Fsp3) is 0.692. The average molecular weight is 284 g/mol. The maximum absolute atomic E-state index is 11.2. The molecule has 0 N–H and O–H groups in total. The van der Waals surface area contributed by atoms with Gasteiger partial charge < -0.3 is 0 Å². The van der Waals surface area contributed by atoms with E-state index < -0.39 is 9.84 Å². The predicted molar refractivity (Wildman–Crippen MR) is 73.2 cm³/mol. The molecule has 0 aromatic carbocycles. The lowest BCUT2D eigenvalue weighted by molar-refractivity contribution is 0.112. The monoisotopic (exact) mass is 284 g/mol. The van der Waals surface area contributed by atoms with Crippen molar-refractivity contribution in [1.29, 1.82) is 0 Å². The number of rotatable bonds is 5. The summed E-state index contributed by atoms with van der Waals surface area (Å²) in [5, 5.41) is 4.43. The summed E-state index contributed by atoms with van der Waals surface area (Å²) in [5.74, 6) is 0.408. The van der Waals surface area contributed by atoms with Gasteiger partial charge in [-0.25, -0.2) is 8.42 Å². The van der Waals surface area contributed by atoms with Gasteiger partial charge in [-0.15, -0.1) is 0 Å². The third-order valence-corrected chi connectivity index (χ3v) is 4.55. The molecule has 0 bridgehead atoms. The molecule has 106 valence electrons. The van der Waals surface area contributed by atoms with Crippen molar-refractivity contribution < 1.29 is 13.2 Å². The number of aromatic nitrogens is 2. The zero-order valence-corrected chi connectivity index (χ0v) is 12.0. The summed E-state index contributed by atoms with van der Waals surface area (Å²) in [4.78, 5) is 11.1. The fourth-order valence-electron chi connectivity index (χ4n) is 2.61. The van der Waals surface area contributed by atoms with Crippen LogP contribution < -0.4 is 0 Å². The number of carbonyl (C=O) groups excluding carboxylic acids is 1. The SMILES string of the molecule is CS(=O)(=O)CCn1cc(C=O)c(C2CCCCC2)n1. The summed E-state index contributed by atoms with van der Waals surface area (Å²) >= 11 is 0. The van der Waals surface area contributed by atoms with E-state index in [1.807, 2.05) is 0 Å². The largest absolute Gasteiger partial charge is 0.298 e. The van der Waals surface area contributed by atoms with Crippen LogP contribution in [0.2, 0.25) is 0 Å². The molecule has 0 unspecified atom stereocenters. The lowest BCUT2D eigenvalue weighted by Crippen LogP contribution is -2.12. The van der Waals surface area contributed by atoms with E-state index in [0.717, 1.165) is 24.8 Å². The second-order valence-electron chi connectivity index (χ2n) is 5.32. The summed E-state index contributed by atoms with van der Waals surface area (Å²) in [6.45, 7) is 0.312. The van der Waals surface area contributed by atoms with Gasteiger partial charge in [0.2, 0.25) is 0 Å². The summed E-state index contributed by atoms with van der Waals surface area (Å²) in [6.07, 6.45) is 9.46. The van der Waals surface area contributed by atoms with Gasteiger partial charge in [0.15, 0.2) is 6.29 Å². The predicted octanol–water partition coefficient (Wildman–Crippen LogP) is 1.79. The first-order valence-electron chi connectivity index (χ1n) is 6.70. The highest BCUT2D eigenvalue weighted by atomic mass is 32.2. The molecular formula is C13H20N2O3S. The zero-order chi connectivity index (χ0) is 13.9. The number of sulfone groups is 1. The Balaban J connectivity index is 2.14. The van der Waals surface area contributed by atoms with E-state index in [4.69, 9.17) is 0 Å². The van der Waals surface area contributed by atoms with Gasteiger partial charge in [0, 0.05) is 18.4 Å². The number of aryl methyl sites for hydroxylation is 1. The van der Waals surface area contributed by atoms with Crippen LogP contribution in [-0.4, -0.2) is 36.5 Å². The second-order valence-corrected chi connectivity index (χ2v) is 7.58. The number of nitrogens with zero attached hydrogens (tertiary/aromatic N) is 2. The fourth-order valence-corrected chi connectivity index (χ4v) is 3.13. The minimum absolute atomic E-state index is 0.0527. The molecule has 1 aromatic heterocycles. The van der Waals surface area contributed by atoms with Crippen molar-refractivity contribution >= 4 is 16.1 Å². The van der Waals surface area contributed by atoms with E-state index >= 15 is 0 Å². The normalized spacial score (nSPS) is 17.5. The van der Waals surface area contributed by atoms with Crippen molar-refractivity contribution in [3.63, 3.8) is 0 Å². The Morgan fingerprint density at radius 2 is 2.05 bits per heavy atom. The maximum Gasteiger partial charge on any atom is 0.153 e. The third kappa shape index (κ3) is 3.89. The highest BCUT2D eigenvalue weighted by molar-refractivity contribution is 7.90. The number of hydrogen-bond acceptors (Lipinski definition) is 4. The molecule has 1 fully saturated rings. The van der Waals surface area contributed by atoms with E-state index in [-0.39, 0.29) is 5.75 Å². The van der Waals surface area contributed by atoms with Crippen LogP contribution in [-0.2, 0) is 16.4 Å². The third-order valence-electron chi connectivity index (χ3n) is 3.63. The van der Waals surface area contributed by atoms with Crippen molar-refractivity contribution in [2.24, 2.45) is 0 Å². The highest BCUT2D eigenvalue weighted by Gasteiger charge is 2.21. The minimum atomic E-state index is -3.01. The molecule has 0 saturated heterocycles. The van der Waals surface area contributed by atoms with Crippen LogP contribution in [0.3, 0.4) is 0 Å². The van der Waals surface area contributed by atoms with Gasteiger partial charge in [0.25, 0.3) is 0 Å². The van der Waals surface area contributed by atoms with Gasteiger partial charge in [0.1, 0.15) is 9.84 Å². The van der Waals surface area contributed by atoms with Crippen molar-refractivity contribution in [3.8, 4) is 0 Å². The van der Waals surface area contributed by atoms with Crippen LogP contribution in [0.15, 0.2) is 6.20 Å². The molecule has 6 heteroatoms. The molecule has 1 heterocycles. The standard InChI is InChI=1S/C13H20N2O3S/c1-19(17,18)8-7-15-9-12(10-16)13(14-15)11-5-3-2-4-6-11/h9-11H,2-8H2,1H3. The molecule has 0 spiro atoms. The van der Waals surface area contributed by atoms with Gasteiger partial charge in [-0.2, -0.15) is 5.10 Å². The molecule has 5 nitrogen and oxygen atoms in total. The molecule has 19 heavy (non-hydrogen) atoms. The summed E-state index contributed by atoms with van der Waals surface area (Å²) < 4.78 is 23.9. The van der Waals surface area contributed by atoms with Crippen molar-refractivity contribution in [3.05, 3.63) is 17.5 Å². The van der Waals surface area contributed by atoms with E-state index in [1.165, 1.54) is 25.5 Å². The Morgan fingerprint density at radius 3 is 2.63 bits per heavy atom. The Morgan fingerprint density at radius 1 is 1.37 bits per heavy atom. The van der Waals surface area contributed by atoms with Crippen LogP contribution >= 0.6 is 0 Å². The lowest BCUT2D eigenvalue weighted by atomic mass is 9.86.